The van der Waals surface area contributed by atoms with Crippen molar-refractivity contribution in [1.29, 1.82) is 0 Å². The van der Waals surface area contributed by atoms with Crippen LogP contribution in [0.15, 0.2) is 17.0 Å². The number of rotatable bonds is 4. The molecule has 0 unspecified atom stereocenters. The highest BCUT2D eigenvalue weighted by molar-refractivity contribution is 8.05. The Bertz CT molecular complexity index is 1020. The van der Waals surface area contributed by atoms with Gasteiger partial charge in [-0.05, 0) is 32.6 Å². The summed E-state index contributed by atoms with van der Waals surface area (Å²) >= 11 is 0. The average Bonchev–Trinajstić information content (AvgIpc) is 2.72. The van der Waals surface area contributed by atoms with Gasteiger partial charge in [0.15, 0.2) is 17.5 Å². The third kappa shape index (κ3) is 4.91. The molecule has 1 heterocycles. The van der Waals surface area contributed by atoms with Crippen LogP contribution in [-0.2, 0) is 20.0 Å². The van der Waals surface area contributed by atoms with E-state index < -0.39 is 59.2 Å². The molecule has 0 aliphatic carbocycles. The number of sulfonamides is 2. The highest BCUT2D eigenvalue weighted by atomic mass is 32.3. The van der Waals surface area contributed by atoms with Gasteiger partial charge >= 0.3 is 15.5 Å². The zero-order valence-electron chi connectivity index (χ0n) is 15.6. The summed E-state index contributed by atoms with van der Waals surface area (Å²) < 4.78 is 128. The normalized spacial score (nSPS) is 17.9. The molecule has 0 fully saturated rings. The molecule has 170 valence electrons. The van der Waals surface area contributed by atoms with Crippen LogP contribution in [0.2, 0.25) is 0 Å². The van der Waals surface area contributed by atoms with E-state index in [9.17, 15) is 43.2 Å². The third-order valence-corrected chi connectivity index (χ3v) is 7.76. The number of benzene rings is 1. The first-order chi connectivity index (χ1) is 13.7. The van der Waals surface area contributed by atoms with Gasteiger partial charge < -0.3 is 4.90 Å². The molecule has 0 amide bonds. The summed E-state index contributed by atoms with van der Waals surface area (Å²) in [7, 11) is -12.3. The molecule has 0 aromatic heterocycles. The van der Waals surface area contributed by atoms with E-state index in [0.29, 0.717) is 26.2 Å². The number of halogens is 6. The number of alkyl halides is 3. The average molecular weight is 480 g/mol. The molecule has 2 rings (SSSR count). The lowest BCUT2D eigenvalue weighted by Gasteiger charge is -2.26. The van der Waals surface area contributed by atoms with Crippen molar-refractivity contribution in [3.63, 3.8) is 0 Å². The zero-order valence-corrected chi connectivity index (χ0v) is 17.2. The first kappa shape index (κ1) is 24.5. The van der Waals surface area contributed by atoms with Crippen molar-refractivity contribution in [2.24, 2.45) is 0 Å². The second-order valence-electron chi connectivity index (χ2n) is 6.52. The fourth-order valence-corrected chi connectivity index (χ4v) is 5.62. The van der Waals surface area contributed by atoms with Crippen LogP contribution in [0.25, 0.3) is 0 Å². The Morgan fingerprint density at radius 2 is 1.50 bits per heavy atom. The molecule has 1 aromatic rings. The minimum Gasteiger partial charge on any atom is -0.366 e. The Hall–Kier alpha value is -1.80. The van der Waals surface area contributed by atoms with Gasteiger partial charge in [-0.2, -0.15) is 13.2 Å². The monoisotopic (exact) mass is 480 g/mol. The van der Waals surface area contributed by atoms with Crippen molar-refractivity contribution in [3.05, 3.63) is 35.2 Å². The van der Waals surface area contributed by atoms with E-state index in [0.717, 1.165) is 6.42 Å². The number of anilines is 1. The van der Waals surface area contributed by atoms with Gasteiger partial charge in [0, 0.05) is 18.7 Å². The van der Waals surface area contributed by atoms with E-state index in [1.165, 1.54) is 4.90 Å². The Kier molecular flexibility index (Phi) is 7.13. The van der Waals surface area contributed by atoms with Gasteiger partial charge in [0.05, 0.1) is 0 Å². The summed E-state index contributed by atoms with van der Waals surface area (Å²) in [6.07, 6.45) is 5.93. The molecule has 0 saturated carbocycles. The summed E-state index contributed by atoms with van der Waals surface area (Å²) in [5.74, 6) is -5.63. The molecular weight excluding hydrogens is 462 g/mol. The molecule has 0 spiro atoms. The van der Waals surface area contributed by atoms with Crippen molar-refractivity contribution in [1.82, 2.24) is 4.13 Å². The topological polar surface area (TPSA) is 83.6 Å². The fraction of sp³-hybridized carbons (Fsp3) is 0.500. The van der Waals surface area contributed by atoms with Crippen molar-refractivity contribution >= 4 is 25.7 Å². The van der Waals surface area contributed by atoms with Gasteiger partial charge in [0.25, 0.3) is 10.0 Å². The van der Waals surface area contributed by atoms with E-state index in [2.05, 4.69) is 0 Å². The summed E-state index contributed by atoms with van der Waals surface area (Å²) in [6, 6.07) is 0. The molecule has 1 aromatic carbocycles. The van der Waals surface area contributed by atoms with Crippen LogP contribution in [0.4, 0.5) is 32.0 Å². The first-order valence-corrected chi connectivity index (χ1v) is 11.6. The third-order valence-electron chi connectivity index (χ3n) is 4.37. The predicted molar refractivity (Wildman–Crippen MR) is 96.2 cm³/mol. The Morgan fingerprint density at radius 1 is 0.900 bits per heavy atom. The number of hydrogen-bond acceptors (Lipinski definition) is 5. The maximum atomic E-state index is 14.9. The number of hydrogen-bond donors (Lipinski definition) is 1. The quantitative estimate of drug-likeness (QED) is 0.405. The second kappa shape index (κ2) is 8.75. The molecule has 1 aliphatic heterocycles. The smallest absolute Gasteiger partial charge is 0.366 e. The number of nitrogens with zero attached hydrogens (tertiary/aromatic N) is 1. The molecule has 30 heavy (non-hydrogen) atoms. The van der Waals surface area contributed by atoms with Gasteiger partial charge in [-0.15, -0.1) is 0 Å². The first-order valence-electron chi connectivity index (χ1n) is 8.62. The highest BCUT2D eigenvalue weighted by Gasteiger charge is 2.49. The SMILES string of the molecule is Cc1c(F)c(N2CC/C=C\CCCC2)c(F)c(F)c1S(=O)(=O)NS(=O)(=O)C(F)(F)F. The molecule has 6 nitrogen and oxygen atoms in total. The molecule has 1 N–H and O–H groups in total. The lowest BCUT2D eigenvalue weighted by molar-refractivity contribution is -0.0441. The summed E-state index contributed by atoms with van der Waals surface area (Å²) in [6.45, 7) is 0.906. The van der Waals surface area contributed by atoms with Gasteiger partial charge in [-0.3, -0.25) is 0 Å². The van der Waals surface area contributed by atoms with Gasteiger partial charge in [0.1, 0.15) is 10.6 Å². The van der Waals surface area contributed by atoms with Crippen LogP contribution >= 0.6 is 0 Å². The Balaban J connectivity index is 2.59. The molecular formula is C16H18F6N2O4S2. The largest absolute Gasteiger partial charge is 0.512 e. The maximum absolute atomic E-state index is 14.9. The van der Waals surface area contributed by atoms with Gasteiger partial charge in [-0.1, -0.05) is 16.3 Å². The van der Waals surface area contributed by atoms with Gasteiger partial charge in [0.2, 0.25) is 0 Å². The molecule has 0 radical (unpaired) electrons. The summed E-state index contributed by atoms with van der Waals surface area (Å²) in [5, 5.41) is 0. The molecule has 0 atom stereocenters. The van der Waals surface area contributed by atoms with Crippen LogP contribution in [0.1, 0.15) is 31.2 Å². The highest BCUT2D eigenvalue weighted by Crippen LogP contribution is 2.35. The minimum atomic E-state index is -6.47. The van der Waals surface area contributed by atoms with E-state index in [4.69, 9.17) is 0 Å². The fourth-order valence-electron chi connectivity index (χ4n) is 2.94. The second-order valence-corrected chi connectivity index (χ2v) is 10.1. The van der Waals surface area contributed by atoms with E-state index in [1.54, 1.807) is 6.08 Å². The number of allylic oxidation sites excluding steroid dienone is 1. The van der Waals surface area contributed by atoms with Gasteiger partial charge in [-0.25, -0.2) is 30.0 Å². The standard InChI is InChI=1S/C16H18F6N2O4S2/c1-10-11(17)14(24-8-6-4-2-3-5-7-9-24)12(18)13(19)15(10)29(25,26)23-30(27,28)16(20,21)22/h2,4,23H,3,5-9H2,1H3/b4-2-. The van der Waals surface area contributed by atoms with Crippen LogP contribution < -0.4 is 9.03 Å². The summed E-state index contributed by atoms with van der Waals surface area (Å²) in [4.78, 5) is -0.676. The maximum Gasteiger partial charge on any atom is 0.512 e. The van der Waals surface area contributed by atoms with E-state index in [1.807, 2.05) is 6.08 Å². The minimum absolute atomic E-state index is 0.0794. The number of nitrogens with one attached hydrogen (secondary N) is 1. The van der Waals surface area contributed by atoms with Crippen molar-refractivity contribution in [2.45, 2.75) is 43.0 Å². The lowest BCUT2D eigenvalue weighted by atomic mass is 10.1. The van der Waals surface area contributed by atoms with E-state index >= 15 is 0 Å². The Labute approximate surface area is 169 Å². The van der Waals surface area contributed by atoms with Crippen LogP contribution in [0.5, 0.6) is 0 Å². The molecule has 1 aliphatic rings. The van der Waals surface area contributed by atoms with Crippen LogP contribution in [0, 0.1) is 24.4 Å². The van der Waals surface area contributed by atoms with Crippen molar-refractivity contribution in [3.8, 4) is 0 Å². The summed E-state index contributed by atoms with van der Waals surface area (Å²) in [5.41, 5.74) is -7.96. The van der Waals surface area contributed by atoms with Crippen molar-refractivity contribution in [2.75, 3.05) is 18.0 Å². The van der Waals surface area contributed by atoms with Crippen molar-refractivity contribution < 1.29 is 43.2 Å². The molecule has 0 saturated heterocycles. The molecule has 0 bridgehead atoms. The predicted octanol–water partition coefficient (Wildman–Crippen LogP) is 3.48. The van der Waals surface area contributed by atoms with E-state index in [-0.39, 0.29) is 17.2 Å². The Morgan fingerprint density at radius 3 is 2.10 bits per heavy atom. The van der Waals surface area contributed by atoms with Crippen LogP contribution in [-0.4, -0.2) is 35.4 Å². The van der Waals surface area contributed by atoms with Crippen LogP contribution in [0.3, 0.4) is 0 Å². The lowest BCUT2D eigenvalue weighted by Crippen LogP contribution is -2.41. The zero-order chi connectivity index (χ0) is 22.9. The molecule has 14 heteroatoms.